The maximum atomic E-state index is 13.9. The number of nitrogens with zero attached hydrogens (tertiary/aromatic N) is 1. The zero-order valence-electron chi connectivity index (χ0n) is 13.2. The Kier molecular flexibility index (Phi) is 6.17. The van der Waals surface area contributed by atoms with Crippen molar-refractivity contribution in [2.24, 2.45) is 0 Å². The first kappa shape index (κ1) is 17.0. The van der Waals surface area contributed by atoms with Crippen LogP contribution in [-0.4, -0.2) is 23.2 Å². The lowest BCUT2D eigenvalue weighted by Crippen LogP contribution is -2.07. The number of aliphatic hydroxyl groups excluding tert-OH is 1. The molecule has 1 aromatic heterocycles. The number of anilines is 2. The van der Waals surface area contributed by atoms with Crippen LogP contribution < -0.4 is 15.8 Å². The molecule has 0 saturated carbocycles. The molecule has 0 aliphatic heterocycles. The third-order valence-corrected chi connectivity index (χ3v) is 3.32. The quantitative estimate of drug-likeness (QED) is 0.650. The molecule has 0 radical (unpaired) electrons. The molecule has 23 heavy (non-hydrogen) atoms. The average Bonchev–Trinajstić information content (AvgIpc) is 2.54. The number of benzene rings is 1. The molecule has 124 valence electrons. The molecule has 2 aromatic rings. The van der Waals surface area contributed by atoms with Crippen molar-refractivity contribution in [1.82, 2.24) is 4.98 Å². The fourth-order valence-electron chi connectivity index (χ4n) is 2.18. The Morgan fingerprint density at radius 2 is 2.13 bits per heavy atom. The van der Waals surface area contributed by atoms with Gasteiger partial charge in [-0.25, -0.2) is 9.37 Å². The number of nitrogens with one attached hydrogen (secondary N) is 1. The summed E-state index contributed by atoms with van der Waals surface area (Å²) in [6.45, 7) is 2.90. The molecule has 0 bridgehead atoms. The predicted molar refractivity (Wildman–Crippen MR) is 89.3 cm³/mol. The molecule has 0 aliphatic rings. The molecule has 6 heteroatoms. The Morgan fingerprint density at radius 1 is 1.30 bits per heavy atom. The van der Waals surface area contributed by atoms with Crippen LogP contribution in [0.3, 0.4) is 0 Å². The van der Waals surface area contributed by atoms with Crippen LogP contribution in [0.4, 0.5) is 15.9 Å². The standard InChI is InChI=1S/C17H22FN3O2/c1-2-8-20-17-13(4-3-10-22)15(7-9-21-17)23-16-6-5-12(19)11-14(16)18/h5-7,9,11,22H,2-4,8,10,19H2,1H3,(H,20,21). The fraction of sp³-hybridized carbons (Fsp3) is 0.353. The second-order valence-electron chi connectivity index (χ2n) is 5.18. The highest BCUT2D eigenvalue weighted by Gasteiger charge is 2.13. The molecule has 0 saturated heterocycles. The average molecular weight is 319 g/mol. The minimum absolute atomic E-state index is 0.0672. The Bertz CT molecular complexity index is 650. The van der Waals surface area contributed by atoms with Gasteiger partial charge in [-0.1, -0.05) is 6.92 Å². The van der Waals surface area contributed by atoms with Crippen molar-refractivity contribution >= 4 is 11.5 Å². The van der Waals surface area contributed by atoms with E-state index in [-0.39, 0.29) is 12.4 Å². The molecule has 4 N–H and O–H groups in total. The van der Waals surface area contributed by atoms with Crippen molar-refractivity contribution in [2.45, 2.75) is 26.2 Å². The van der Waals surface area contributed by atoms with Crippen LogP contribution in [0.1, 0.15) is 25.3 Å². The first-order valence-electron chi connectivity index (χ1n) is 7.71. The lowest BCUT2D eigenvalue weighted by atomic mass is 10.1. The van der Waals surface area contributed by atoms with Crippen molar-refractivity contribution in [3.8, 4) is 11.5 Å². The lowest BCUT2D eigenvalue weighted by Gasteiger charge is -2.16. The zero-order chi connectivity index (χ0) is 16.7. The Labute approximate surface area is 135 Å². The molecule has 0 fully saturated rings. The maximum absolute atomic E-state index is 13.9. The third-order valence-electron chi connectivity index (χ3n) is 3.32. The Hall–Kier alpha value is -2.34. The minimum Gasteiger partial charge on any atom is -0.454 e. The summed E-state index contributed by atoms with van der Waals surface area (Å²) in [6, 6.07) is 6.00. The van der Waals surface area contributed by atoms with Crippen LogP contribution in [0.25, 0.3) is 0 Å². The Morgan fingerprint density at radius 3 is 2.83 bits per heavy atom. The highest BCUT2D eigenvalue weighted by atomic mass is 19.1. The molecule has 0 unspecified atom stereocenters. The molecule has 0 amide bonds. The van der Waals surface area contributed by atoms with Gasteiger partial charge in [0.15, 0.2) is 11.6 Å². The van der Waals surface area contributed by atoms with E-state index in [1.165, 1.54) is 12.1 Å². The molecule has 1 heterocycles. The number of hydrogen-bond acceptors (Lipinski definition) is 5. The van der Waals surface area contributed by atoms with Gasteiger partial charge in [-0.3, -0.25) is 0 Å². The third kappa shape index (κ3) is 4.56. The molecule has 0 atom stereocenters. The van der Waals surface area contributed by atoms with Gasteiger partial charge >= 0.3 is 0 Å². The highest BCUT2D eigenvalue weighted by molar-refractivity contribution is 5.53. The summed E-state index contributed by atoms with van der Waals surface area (Å²) in [5.41, 5.74) is 6.72. The van der Waals surface area contributed by atoms with Crippen molar-refractivity contribution < 1.29 is 14.2 Å². The molecule has 5 nitrogen and oxygen atoms in total. The van der Waals surface area contributed by atoms with E-state index in [1.54, 1.807) is 18.3 Å². The number of aliphatic hydroxyl groups is 1. The molecular weight excluding hydrogens is 297 g/mol. The van der Waals surface area contributed by atoms with Gasteiger partial charge in [0.25, 0.3) is 0 Å². The van der Waals surface area contributed by atoms with E-state index >= 15 is 0 Å². The van der Waals surface area contributed by atoms with E-state index in [4.69, 9.17) is 15.6 Å². The summed E-state index contributed by atoms with van der Waals surface area (Å²) in [4.78, 5) is 4.32. The number of rotatable bonds is 8. The normalized spacial score (nSPS) is 10.6. The summed E-state index contributed by atoms with van der Waals surface area (Å²) in [5.74, 6) is 0.819. The number of halogens is 1. The molecule has 1 aromatic carbocycles. The largest absolute Gasteiger partial charge is 0.454 e. The molecule has 2 rings (SSSR count). The maximum Gasteiger partial charge on any atom is 0.167 e. The molecule has 0 spiro atoms. The van der Waals surface area contributed by atoms with Gasteiger partial charge < -0.3 is 20.9 Å². The first-order valence-corrected chi connectivity index (χ1v) is 7.71. The van der Waals surface area contributed by atoms with Gasteiger partial charge in [0.1, 0.15) is 11.6 Å². The smallest absolute Gasteiger partial charge is 0.167 e. The van der Waals surface area contributed by atoms with Gasteiger partial charge in [0.05, 0.1) is 0 Å². The van der Waals surface area contributed by atoms with E-state index in [1.807, 2.05) is 0 Å². The van der Waals surface area contributed by atoms with Crippen LogP contribution in [0.5, 0.6) is 11.5 Å². The second kappa shape index (κ2) is 8.33. The van der Waals surface area contributed by atoms with Crippen LogP contribution in [0.2, 0.25) is 0 Å². The SMILES string of the molecule is CCCNc1nccc(Oc2ccc(N)cc2F)c1CCCO. The van der Waals surface area contributed by atoms with Crippen LogP contribution >= 0.6 is 0 Å². The zero-order valence-corrected chi connectivity index (χ0v) is 13.2. The number of nitrogen functional groups attached to an aromatic ring is 1. The summed E-state index contributed by atoms with van der Waals surface area (Å²) in [7, 11) is 0. The summed E-state index contributed by atoms with van der Waals surface area (Å²) < 4.78 is 19.7. The summed E-state index contributed by atoms with van der Waals surface area (Å²) in [6.07, 6.45) is 3.74. The van der Waals surface area contributed by atoms with Crippen molar-refractivity contribution in [2.75, 3.05) is 24.2 Å². The van der Waals surface area contributed by atoms with E-state index < -0.39 is 5.82 Å². The van der Waals surface area contributed by atoms with Crippen LogP contribution in [0, 0.1) is 5.82 Å². The predicted octanol–water partition coefficient (Wildman–Crippen LogP) is 3.34. The van der Waals surface area contributed by atoms with Crippen molar-refractivity contribution in [3.63, 3.8) is 0 Å². The Balaban J connectivity index is 2.31. The van der Waals surface area contributed by atoms with Crippen molar-refractivity contribution in [3.05, 3.63) is 41.8 Å². The summed E-state index contributed by atoms with van der Waals surface area (Å²) in [5, 5.41) is 12.3. The van der Waals surface area contributed by atoms with Gasteiger partial charge in [-0.05, 0) is 37.5 Å². The molecular formula is C17H22FN3O2. The van der Waals surface area contributed by atoms with Gasteiger partial charge in [0.2, 0.25) is 0 Å². The van der Waals surface area contributed by atoms with Crippen molar-refractivity contribution in [1.29, 1.82) is 0 Å². The lowest BCUT2D eigenvalue weighted by molar-refractivity contribution is 0.288. The van der Waals surface area contributed by atoms with Crippen LogP contribution in [-0.2, 0) is 6.42 Å². The number of hydrogen-bond donors (Lipinski definition) is 3. The second-order valence-corrected chi connectivity index (χ2v) is 5.18. The number of aromatic nitrogens is 1. The van der Waals surface area contributed by atoms with Gasteiger partial charge in [-0.15, -0.1) is 0 Å². The summed E-state index contributed by atoms with van der Waals surface area (Å²) >= 11 is 0. The number of ether oxygens (including phenoxy) is 1. The highest BCUT2D eigenvalue weighted by Crippen LogP contribution is 2.32. The molecule has 0 aliphatic carbocycles. The van der Waals surface area contributed by atoms with Crippen LogP contribution in [0.15, 0.2) is 30.5 Å². The monoisotopic (exact) mass is 319 g/mol. The fourth-order valence-corrected chi connectivity index (χ4v) is 2.18. The van der Waals surface area contributed by atoms with E-state index in [2.05, 4.69) is 17.2 Å². The first-order chi connectivity index (χ1) is 11.2. The topological polar surface area (TPSA) is 80.4 Å². The van der Waals surface area contributed by atoms with E-state index in [9.17, 15) is 4.39 Å². The number of nitrogens with two attached hydrogens (primary N) is 1. The van der Waals surface area contributed by atoms with Gasteiger partial charge in [0, 0.05) is 36.7 Å². The van der Waals surface area contributed by atoms with E-state index in [0.29, 0.717) is 30.1 Å². The van der Waals surface area contributed by atoms with Gasteiger partial charge in [-0.2, -0.15) is 0 Å². The minimum atomic E-state index is -0.516. The number of pyridine rings is 1. The van der Waals surface area contributed by atoms with E-state index in [0.717, 1.165) is 18.5 Å².